The number of hydrogen-bond donors (Lipinski definition) is 0. The quantitative estimate of drug-likeness (QED) is 0.531. The van der Waals surface area contributed by atoms with Crippen LogP contribution < -0.4 is 0 Å². The van der Waals surface area contributed by atoms with Crippen molar-refractivity contribution in [2.45, 2.75) is 13.5 Å². The van der Waals surface area contributed by atoms with Crippen LogP contribution in [0.5, 0.6) is 0 Å². The molecule has 0 saturated heterocycles. The summed E-state index contributed by atoms with van der Waals surface area (Å²) >= 11 is 5.60. The summed E-state index contributed by atoms with van der Waals surface area (Å²) in [4.78, 5) is 3.91. The Hall–Kier alpha value is -1.02. The third kappa shape index (κ3) is 2.93. The molecule has 0 aromatic carbocycles. The first-order chi connectivity index (χ1) is 5.68. The lowest BCUT2D eigenvalue weighted by Crippen LogP contribution is -1.90. The van der Waals surface area contributed by atoms with Gasteiger partial charge in [0.25, 0.3) is 0 Å². The number of rotatable bonds is 3. The van der Waals surface area contributed by atoms with Crippen LogP contribution in [-0.4, -0.2) is 4.98 Å². The minimum Gasteiger partial charge on any atom is -0.494 e. The molecule has 2 nitrogen and oxygen atoms in total. The van der Waals surface area contributed by atoms with Gasteiger partial charge in [0.05, 0.1) is 5.76 Å². The van der Waals surface area contributed by atoms with Crippen LogP contribution in [0.2, 0.25) is 5.15 Å². The minimum absolute atomic E-state index is 0.495. The molecule has 64 valence electrons. The molecule has 1 rings (SSSR count). The molecule has 1 aromatic heterocycles. The Kier molecular flexibility index (Phi) is 3.11. The Bertz CT molecular complexity index is 268. The van der Waals surface area contributed by atoms with E-state index in [4.69, 9.17) is 16.3 Å². The molecule has 0 radical (unpaired) electrons. The molecule has 1 heterocycles. The highest BCUT2D eigenvalue weighted by Gasteiger charge is 1.93. The molecule has 0 N–H and O–H groups in total. The Morgan fingerprint density at radius 3 is 2.92 bits per heavy atom. The predicted molar refractivity (Wildman–Crippen MR) is 48.9 cm³/mol. The van der Waals surface area contributed by atoms with E-state index in [9.17, 15) is 0 Å². The molecule has 0 atom stereocenters. The summed E-state index contributed by atoms with van der Waals surface area (Å²) in [5.74, 6) is 0.699. The van der Waals surface area contributed by atoms with Crippen LogP contribution in [-0.2, 0) is 11.3 Å². The number of allylic oxidation sites excluding steroid dienone is 1. The number of ether oxygens (including phenoxy) is 1. The average Bonchev–Trinajstić information content (AvgIpc) is 2.03. The van der Waals surface area contributed by atoms with Gasteiger partial charge in [-0.2, -0.15) is 0 Å². The van der Waals surface area contributed by atoms with Crippen LogP contribution in [0, 0.1) is 0 Å². The van der Waals surface area contributed by atoms with E-state index in [2.05, 4.69) is 11.6 Å². The van der Waals surface area contributed by atoms with E-state index in [0.29, 0.717) is 17.5 Å². The fraction of sp³-hybridized carbons (Fsp3) is 0.222. The van der Waals surface area contributed by atoms with Crippen molar-refractivity contribution in [3.8, 4) is 0 Å². The third-order valence-corrected chi connectivity index (χ3v) is 1.50. The van der Waals surface area contributed by atoms with Crippen LogP contribution in [0.15, 0.2) is 30.7 Å². The fourth-order valence-electron chi connectivity index (χ4n) is 0.698. The predicted octanol–water partition coefficient (Wildman–Crippen LogP) is 2.79. The van der Waals surface area contributed by atoms with Crippen molar-refractivity contribution in [3.63, 3.8) is 0 Å². The van der Waals surface area contributed by atoms with E-state index in [1.165, 1.54) is 0 Å². The molecule has 0 spiro atoms. The van der Waals surface area contributed by atoms with Crippen LogP contribution in [0.25, 0.3) is 0 Å². The molecule has 3 heteroatoms. The summed E-state index contributed by atoms with van der Waals surface area (Å²) in [7, 11) is 0. The van der Waals surface area contributed by atoms with Crippen molar-refractivity contribution < 1.29 is 4.74 Å². The molecule has 0 saturated carbocycles. The zero-order chi connectivity index (χ0) is 8.97. The van der Waals surface area contributed by atoms with Gasteiger partial charge in [0.15, 0.2) is 0 Å². The van der Waals surface area contributed by atoms with Crippen LogP contribution in [0.3, 0.4) is 0 Å². The highest BCUT2D eigenvalue weighted by molar-refractivity contribution is 6.29. The summed E-state index contributed by atoms with van der Waals surface area (Å²) in [6.45, 7) is 5.93. The number of nitrogens with zero attached hydrogens (tertiary/aromatic N) is 1. The fourth-order valence-corrected chi connectivity index (χ4v) is 0.810. The second-order valence-corrected chi connectivity index (χ2v) is 2.87. The zero-order valence-electron chi connectivity index (χ0n) is 6.88. The van der Waals surface area contributed by atoms with Crippen LogP contribution in [0.1, 0.15) is 12.5 Å². The molecular weight excluding hydrogens is 174 g/mol. The van der Waals surface area contributed by atoms with Gasteiger partial charge in [0.2, 0.25) is 0 Å². The zero-order valence-corrected chi connectivity index (χ0v) is 7.64. The average molecular weight is 184 g/mol. The summed E-state index contributed by atoms with van der Waals surface area (Å²) in [5.41, 5.74) is 0.988. The SMILES string of the molecule is C=C(C)OCc1ccc(Cl)nc1. The Morgan fingerprint density at radius 2 is 2.42 bits per heavy atom. The molecule has 12 heavy (non-hydrogen) atoms. The third-order valence-electron chi connectivity index (χ3n) is 1.27. The van der Waals surface area contributed by atoms with E-state index in [-0.39, 0.29) is 0 Å². The summed E-state index contributed by atoms with van der Waals surface area (Å²) < 4.78 is 5.19. The molecule has 0 fully saturated rings. The lowest BCUT2D eigenvalue weighted by atomic mass is 10.3. The topological polar surface area (TPSA) is 22.1 Å². The normalized spacial score (nSPS) is 9.50. The summed E-state index contributed by atoms with van der Waals surface area (Å²) in [6, 6.07) is 3.61. The van der Waals surface area contributed by atoms with Crippen molar-refractivity contribution in [1.82, 2.24) is 4.98 Å². The van der Waals surface area contributed by atoms with Gasteiger partial charge in [-0.1, -0.05) is 24.2 Å². The maximum atomic E-state index is 5.60. The molecule has 1 aromatic rings. The lowest BCUT2D eigenvalue weighted by Gasteiger charge is -2.03. The molecule has 0 aliphatic heterocycles. The van der Waals surface area contributed by atoms with Gasteiger partial charge >= 0.3 is 0 Å². The second-order valence-electron chi connectivity index (χ2n) is 2.48. The van der Waals surface area contributed by atoms with Gasteiger partial charge in [-0.25, -0.2) is 4.98 Å². The number of pyridine rings is 1. The van der Waals surface area contributed by atoms with Crippen molar-refractivity contribution in [1.29, 1.82) is 0 Å². The van der Waals surface area contributed by atoms with E-state index < -0.39 is 0 Å². The highest BCUT2D eigenvalue weighted by Crippen LogP contribution is 2.07. The van der Waals surface area contributed by atoms with Gasteiger partial charge < -0.3 is 4.74 Å². The molecule has 0 amide bonds. The van der Waals surface area contributed by atoms with Gasteiger partial charge in [-0.05, 0) is 13.0 Å². The maximum Gasteiger partial charge on any atom is 0.129 e. The first-order valence-electron chi connectivity index (χ1n) is 3.57. The lowest BCUT2D eigenvalue weighted by molar-refractivity contribution is 0.202. The van der Waals surface area contributed by atoms with Gasteiger partial charge in [0.1, 0.15) is 11.8 Å². The minimum atomic E-state index is 0.495. The van der Waals surface area contributed by atoms with Crippen molar-refractivity contribution in [2.24, 2.45) is 0 Å². The Balaban J connectivity index is 2.53. The molecule has 0 bridgehead atoms. The first kappa shape index (κ1) is 9.07. The Morgan fingerprint density at radius 1 is 1.67 bits per heavy atom. The van der Waals surface area contributed by atoms with E-state index in [1.807, 2.05) is 13.0 Å². The number of aromatic nitrogens is 1. The molecular formula is C9H10ClNO. The monoisotopic (exact) mass is 183 g/mol. The summed E-state index contributed by atoms with van der Waals surface area (Å²) in [6.07, 6.45) is 1.69. The van der Waals surface area contributed by atoms with Gasteiger partial charge in [0, 0.05) is 11.8 Å². The molecule has 0 aliphatic carbocycles. The molecule has 0 unspecified atom stereocenters. The smallest absolute Gasteiger partial charge is 0.129 e. The maximum absolute atomic E-state index is 5.60. The second kappa shape index (κ2) is 4.12. The van der Waals surface area contributed by atoms with E-state index in [0.717, 1.165) is 5.56 Å². The van der Waals surface area contributed by atoms with E-state index >= 15 is 0 Å². The van der Waals surface area contributed by atoms with Crippen molar-refractivity contribution >= 4 is 11.6 Å². The van der Waals surface area contributed by atoms with Gasteiger partial charge in [-0.3, -0.25) is 0 Å². The number of halogens is 1. The highest BCUT2D eigenvalue weighted by atomic mass is 35.5. The van der Waals surface area contributed by atoms with Crippen molar-refractivity contribution in [2.75, 3.05) is 0 Å². The Labute approximate surface area is 76.8 Å². The molecule has 0 aliphatic rings. The van der Waals surface area contributed by atoms with Gasteiger partial charge in [-0.15, -0.1) is 0 Å². The van der Waals surface area contributed by atoms with E-state index in [1.54, 1.807) is 12.3 Å². The van der Waals surface area contributed by atoms with Crippen molar-refractivity contribution in [3.05, 3.63) is 41.4 Å². The summed E-state index contributed by atoms with van der Waals surface area (Å²) in [5, 5.41) is 0.495. The number of hydrogen-bond acceptors (Lipinski definition) is 2. The van der Waals surface area contributed by atoms with Crippen LogP contribution in [0.4, 0.5) is 0 Å². The first-order valence-corrected chi connectivity index (χ1v) is 3.95. The largest absolute Gasteiger partial charge is 0.494 e. The van der Waals surface area contributed by atoms with Crippen LogP contribution >= 0.6 is 11.6 Å². The standard InChI is InChI=1S/C9H10ClNO/c1-7(2)12-6-8-3-4-9(10)11-5-8/h3-5H,1,6H2,2H3.